The van der Waals surface area contributed by atoms with E-state index in [1.165, 1.54) is 19.3 Å². The Labute approximate surface area is 120 Å². The van der Waals surface area contributed by atoms with E-state index >= 15 is 0 Å². The van der Waals surface area contributed by atoms with E-state index in [-0.39, 0.29) is 18.0 Å². The predicted octanol–water partition coefficient (Wildman–Crippen LogP) is 2.51. The van der Waals surface area contributed by atoms with Crippen LogP contribution in [0.3, 0.4) is 0 Å². The van der Waals surface area contributed by atoms with Crippen LogP contribution in [0.15, 0.2) is 0 Å². The minimum Gasteiger partial charge on any atom is -0.481 e. The summed E-state index contributed by atoms with van der Waals surface area (Å²) in [6.45, 7) is 2.93. The second-order valence-electron chi connectivity index (χ2n) is 6.48. The van der Waals surface area contributed by atoms with Gasteiger partial charge in [-0.25, -0.2) is 4.79 Å². The van der Waals surface area contributed by atoms with Crippen LogP contribution in [-0.4, -0.2) is 29.7 Å². The van der Waals surface area contributed by atoms with Gasteiger partial charge in [0.1, 0.15) is 0 Å². The molecule has 0 aromatic rings. The first-order valence-corrected chi connectivity index (χ1v) is 7.82. The molecule has 2 unspecified atom stereocenters. The molecule has 0 saturated heterocycles. The highest BCUT2D eigenvalue weighted by Crippen LogP contribution is 2.48. The predicted molar refractivity (Wildman–Crippen MR) is 76.5 cm³/mol. The van der Waals surface area contributed by atoms with Crippen molar-refractivity contribution >= 4 is 12.0 Å². The van der Waals surface area contributed by atoms with Gasteiger partial charge >= 0.3 is 12.0 Å². The van der Waals surface area contributed by atoms with Gasteiger partial charge in [0.2, 0.25) is 0 Å². The van der Waals surface area contributed by atoms with Crippen LogP contribution in [0.5, 0.6) is 0 Å². The first-order valence-electron chi connectivity index (χ1n) is 7.82. The van der Waals surface area contributed by atoms with Crippen LogP contribution in [-0.2, 0) is 4.79 Å². The number of urea groups is 1. The van der Waals surface area contributed by atoms with Crippen LogP contribution < -0.4 is 10.6 Å². The van der Waals surface area contributed by atoms with E-state index in [0.717, 1.165) is 32.2 Å². The molecular weight excluding hydrogens is 256 g/mol. The molecule has 20 heavy (non-hydrogen) atoms. The summed E-state index contributed by atoms with van der Waals surface area (Å²) in [5.41, 5.74) is 0.349. The van der Waals surface area contributed by atoms with Crippen molar-refractivity contribution in [3.8, 4) is 0 Å². The third-order valence-corrected chi connectivity index (χ3v) is 4.72. The van der Waals surface area contributed by atoms with E-state index in [9.17, 15) is 9.59 Å². The van der Waals surface area contributed by atoms with Gasteiger partial charge in [0.25, 0.3) is 0 Å². The molecule has 5 nitrogen and oxygen atoms in total. The van der Waals surface area contributed by atoms with E-state index in [4.69, 9.17) is 5.11 Å². The zero-order valence-corrected chi connectivity index (χ0v) is 12.3. The molecular formula is C15H26N2O3. The van der Waals surface area contributed by atoms with E-state index in [0.29, 0.717) is 11.8 Å². The van der Waals surface area contributed by atoms with Gasteiger partial charge in [0.15, 0.2) is 0 Å². The average molecular weight is 282 g/mol. The zero-order chi connectivity index (χ0) is 14.6. The normalized spacial score (nSPS) is 27.6. The van der Waals surface area contributed by atoms with E-state index in [1.54, 1.807) is 0 Å². The largest absolute Gasteiger partial charge is 0.481 e. The molecule has 5 heteroatoms. The molecule has 114 valence electrons. The average Bonchev–Trinajstić information content (AvgIpc) is 3.17. The quantitative estimate of drug-likeness (QED) is 0.700. The molecule has 3 N–H and O–H groups in total. The molecule has 2 aliphatic rings. The van der Waals surface area contributed by atoms with E-state index in [1.807, 2.05) is 0 Å². The summed E-state index contributed by atoms with van der Waals surface area (Å²) in [6, 6.07) is -0.130. The van der Waals surface area contributed by atoms with Crippen molar-refractivity contribution in [3.63, 3.8) is 0 Å². The number of nitrogens with one attached hydrogen (secondary N) is 2. The van der Waals surface area contributed by atoms with Gasteiger partial charge in [-0.3, -0.25) is 4.79 Å². The van der Waals surface area contributed by atoms with Crippen LogP contribution in [0.25, 0.3) is 0 Å². The molecule has 2 aliphatic carbocycles. The van der Waals surface area contributed by atoms with E-state index in [2.05, 4.69) is 17.6 Å². The smallest absolute Gasteiger partial charge is 0.315 e. The fraction of sp³-hybridized carbons (Fsp3) is 0.867. The molecule has 0 heterocycles. The highest BCUT2D eigenvalue weighted by Gasteiger charge is 2.41. The topological polar surface area (TPSA) is 78.4 Å². The highest BCUT2D eigenvalue weighted by molar-refractivity contribution is 5.74. The number of rotatable bonds is 6. The number of aliphatic carboxylic acids is 1. The van der Waals surface area contributed by atoms with Gasteiger partial charge in [-0.2, -0.15) is 0 Å². The summed E-state index contributed by atoms with van der Waals surface area (Å²) in [7, 11) is 0. The maximum absolute atomic E-state index is 11.9. The van der Waals surface area contributed by atoms with Gasteiger partial charge in [-0.1, -0.05) is 19.8 Å². The van der Waals surface area contributed by atoms with Gasteiger partial charge in [0.05, 0.1) is 5.92 Å². The van der Waals surface area contributed by atoms with E-state index < -0.39 is 5.97 Å². The second-order valence-corrected chi connectivity index (χ2v) is 6.48. The molecule has 0 aliphatic heterocycles. The Morgan fingerprint density at radius 3 is 2.65 bits per heavy atom. The lowest BCUT2D eigenvalue weighted by Gasteiger charge is -2.27. The summed E-state index contributed by atoms with van der Waals surface area (Å²) in [5, 5.41) is 14.9. The molecule has 2 fully saturated rings. The van der Waals surface area contributed by atoms with Crippen LogP contribution in [0.2, 0.25) is 0 Å². The first-order chi connectivity index (χ1) is 9.54. The number of carbonyl (C=O) groups excluding carboxylic acids is 1. The van der Waals surface area contributed by atoms with Gasteiger partial charge in [-0.05, 0) is 43.9 Å². The number of hydrogen-bond acceptors (Lipinski definition) is 2. The standard InChI is InChI=1S/C15H26N2O3/c1-2-6-15(7-8-15)10-16-14(20)17-12-5-3-4-11(9-12)13(18)19/h11-12H,2-10H2,1H3,(H,18,19)(H2,16,17,20). The maximum Gasteiger partial charge on any atom is 0.315 e. The van der Waals surface area contributed by atoms with Crippen molar-refractivity contribution in [2.24, 2.45) is 11.3 Å². The van der Waals surface area contributed by atoms with Gasteiger partial charge in [0, 0.05) is 12.6 Å². The number of carboxylic acid groups (broad SMARTS) is 1. The van der Waals surface area contributed by atoms with Gasteiger partial charge < -0.3 is 15.7 Å². The number of carboxylic acids is 1. The monoisotopic (exact) mass is 282 g/mol. The fourth-order valence-electron chi connectivity index (χ4n) is 3.27. The molecule has 2 saturated carbocycles. The number of amides is 2. The minimum atomic E-state index is -0.739. The Morgan fingerprint density at radius 2 is 2.05 bits per heavy atom. The first kappa shape index (κ1) is 15.1. The fourth-order valence-corrected chi connectivity index (χ4v) is 3.27. The van der Waals surface area contributed by atoms with Crippen molar-refractivity contribution in [1.29, 1.82) is 0 Å². The Hall–Kier alpha value is -1.26. The van der Waals surface area contributed by atoms with Crippen molar-refractivity contribution in [3.05, 3.63) is 0 Å². The Kier molecular flexibility index (Phi) is 4.89. The van der Waals surface area contributed by atoms with Crippen LogP contribution in [0.4, 0.5) is 4.79 Å². The molecule has 0 aromatic heterocycles. The molecule has 0 aromatic carbocycles. The molecule has 2 rings (SSSR count). The summed E-state index contributed by atoms with van der Waals surface area (Å²) in [6.07, 6.45) is 7.82. The van der Waals surface area contributed by atoms with Crippen molar-refractivity contribution in [2.45, 2.75) is 64.3 Å². The second kappa shape index (κ2) is 6.46. The van der Waals surface area contributed by atoms with Crippen LogP contribution in [0, 0.1) is 11.3 Å². The number of hydrogen-bond donors (Lipinski definition) is 3. The molecule has 2 atom stereocenters. The van der Waals surface area contributed by atoms with Crippen molar-refractivity contribution < 1.29 is 14.7 Å². The summed E-state index contributed by atoms with van der Waals surface area (Å²) in [4.78, 5) is 22.9. The van der Waals surface area contributed by atoms with Crippen LogP contribution in [0.1, 0.15) is 58.3 Å². The van der Waals surface area contributed by atoms with Crippen LogP contribution >= 0.6 is 0 Å². The zero-order valence-electron chi connectivity index (χ0n) is 12.3. The lowest BCUT2D eigenvalue weighted by Crippen LogP contribution is -2.46. The van der Waals surface area contributed by atoms with Crippen molar-refractivity contribution in [2.75, 3.05) is 6.54 Å². The maximum atomic E-state index is 11.9. The highest BCUT2D eigenvalue weighted by atomic mass is 16.4. The molecule has 0 radical (unpaired) electrons. The molecule has 0 spiro atoms. The van der Waals surface area contributed by atoms with Crippen molar-refractivity contribution in [1.82, 2.24) is 10.6 Å². The minimum absolute atomic E-state index is 0.00572. The third-order valence-electron chi connectivity index (χ3n) is 4.72. The lowest BCUT2D eigenvalue weighted by molar-refractivity contribution is -0.143. The van der Waals surface area contributed by atoms with Gasteiger partial charge in [-0.15, -0.1) is 0 Å². The Morgan fingerprint density at radius 1 is 1.30 bits per heavy atom. The Bertz CT molecular complexity index is 366. The lowest BCUT2D eigenvalue weighted by atomic mass is 9.86. The summed E-state index contributed by atoms with van der Waals surface area (Å²) >= 11 is 0. The molecule has 0 bridgehead atoms. The Balaban J connectivity index is 1.70. The SMILES string of the molecule is CCCC1(CNC(=O)NC2CCCC(C(=O)O)C2)CC1. The molecule has 2 amide bonds. The summed E-state index contributed by atoms with van der Waals surface area (Å²) < 4.78 is 0. The summed E-state index contributed by atoms with van der Waals surface area (Å²) in [5.74, 6) is -1.04. The number of carbonyl (C=O) groups is 2. The third kappa shape index (κ3) is 4.12.